The Labute approximate surface area is 116 Å². The number of halogens is 1. The Bertz CT molecular complexity index is 569. The van der Waals surface area contributed by atoms with Crippen molar-refractivity contribution in [3.63, 3.8) is 0 Å². The average Bonchev–Trinajstić information content (AvgIpc) is 2.28. The van der Waals surface area contributed by atoms with Gasteiger partial charge in [-0.15, -0.1) is 11.6 Å². The zero-order chi connectivity index (χ0) is 14.5. The predicted octanol–water partition coefficient (Wildman–Crippen LogP) is 1.14. The van der Waals surface area contributed by atoms with Crippen molar-refractivity contribution in [1.82, 2.24) is 10.0 Å². The van der Waals surface area contributed by atoms with Gasteiger partial charge in [0.15, 0.2) is 0 Å². The number of sulfonamides is 1. The summed E-state index contributed by atoms with van der Waals surface area (Å²) in [5, 5.41) is 1.87. The molecule has 2 N–H and O–H groups in total. The minimum absolute atomic E-state index is 0.0455. The van der Waals surface area contributed by atoms with E-state index in [2.05, 4.69) is 0 Å². The maximum Gasteiger partial charge on any atom is 0.335 e. The first kappa shape index (κ1) is 15.5. The smallest absolute Gasteiger partial charge is 0.277 e. The molecule has 1 rings (SSSR count). The Morgan fingerprint density at radius 3 is 2.32 bits per heavy atom. The Morgan fingerprint density at radius 1 is 1.21 bits per heavy atom. The van der Waals surface area contributed by atoms with Crippen LogP contribution in [0.2, 0.25) is 0 Å². The molecule has 3 amide bonds. The highest BCUT2D eigenvalue weighted by Crippen LogP contribution is 2.09. The number of benzene rings is 1. The molecule has 0 saturated carbocycles. The highest BCUT2D eigenvalue weighted by Gasteiger charge is 2.18. The molecule has 0 aromatic heterocycles. The fourth-order valence-corrected chi connectivity index (χ4v) is 2.28. The lowest BCUT2D eigenvalue weighted by atomic mass is 10.2. The van der Waals surface area contributed by atoms with Crippen LogP contribution in [0, 0.1) is 6.92 Å². The Balaban J connectivity index is 2.72. The van der Waals surface area contributed by atoms with Crippen molar-refractivity contribution >= 4 is 33.6 Å². The molecule has 0 aliphatic rings. The number of carbonyl (C=O) groups excluding carboxylic acids is 2. The van der Waals surface area contributed by atoms with Gasteiger partial charge in [-0.2, -0.15) is 0 Å². The number of carbonyl (C=O) groups is 2. The second kappa shape index (κ2) is 6.53. The Morgan fingerprint density at radius 2 is 1.79 bits per heavy atom. The van der Waals surface area contributed by atoms with Gasteiger partial charge >= 0.3 is 6.03 Å². The molecule has 0 radical (unpaired) electrons. The van der Waals surface area contributed by atoms with Crippen LogP contribution >= 0.6 is 11.6 Å². The number of imide groups is 1. The third-order valence-corrected chi connectivity index (χ3v) is 3.67. The van der Waals surface area contributed by atoms with Gasteiger partial charge in [0.1, 0.15) is 0 Å². The van der Waals surface area contributed by atoms with Crippen molar-refractivity contribution in [1.29, 1.82) is 0 Å². The molecule has 1 aromatic carbocycles. The molecule has 1 aromatic rings. The first-order valence-electron chi connectivity index (χ1n) is 5.34. The summed E-state index contributed by atoms with van der Waals surface area (Å²) >= 11 is 5.31. The quantitative estimate of drug-likeness (QED) is 0.816. The predicted molar refractivity (Wildman–Crippen MR) is 70.4 cm³/mol. The summed E-state index contributed by atoms with van der Waals surface area (Å²) in [6.45, 7) is 1.81. The lowest BCUT2D eigenvalue weighted by Gasteiger charge is -2.07. The van der Waals surface area contributed by atoms with Gasteiger partial charge in [-0.25, -0.2) is 17.9 Å². The third kappa shape index (κ3) is 4.88. The van der Waals surface area contributed by atoms with Crippen LogP contribution in [-0.2, 0) is 14.8 Å². The molecule has 0 bridgehead atoms. The summed E-state index contributed by atoms with van der Waals surface area (Å²) in [7, 11) is -3.98. The summed E-state index contributed by atoms with van der Waals surface area (Å²) in [4.78, 5) is 22.3. The van der Waals surface area contributed by atoms with E-state index in [-0.39, 0.29) is 17.2 Å². The number of amides is 3. The van der Waals surface area contributed by atoms with Crippen LogP contribution in [0.3, 0.4) is 0 Å². The number of hydrogen-bond donors (Lipinski definition) is 2. The maximum absolute atomic E-state index is 11.8. The zero-order valence-electron chi connectivity index (χ0n) is 10.1. The molecule has 0 atom stereocenters. The molecule has 0 heterocycles. The number of aryl methyl sites for hydroxylation is 1. The Hall–Kier alpha value is -1.60. The van der Waals surface area contributed by atoms with E-state index in [1.54, 1.807) is 23.8 Å². The highest BCUT2D eigenvalue weighted by atomic mass is 35.5. The van der Waals surface area contributed by atoms with Crippen LogP contribution in [0.4, 0.5) is 4.79 Å². The SMILES string of the molecule is Cc1ccc(S(=O)(=O)NC(=O)NC(=O)CCCl)cc1. The normalized spacial score (nSPS) is 10.8. The van der Waals surface area contributed by atoms with Gasteiger partial charge in [-0.05, 0) is 19.1 Å². The second-order valence-corrected chi connectivity index (χ2v) is 5.80. The number of urea groups is 1. The van der Waals surface area contributed by atoms with E-state index in [1.807, 2.05) is 5.32 Å². The van der Waals surface area contributed by atoms with Crippen LogP contribution in [0.5, 0.6) is 0 Å². The summed E-state index contributed by atoms with van der Waals surface area (Å²) in [5.74, 6) is -0.601. The van der Waals surface area contributed by atoms with Gasteiger partial charge in [-0.3, -0.25) is 10.1 Å². The van der Waals surface area contributed by atoms with Gasteiger partial charge in [0, 0.05) is 12.3 Å². The van der Waals surface area contributed by atoms with Crippen molar-refractivity contribution in [3.05, 3.63) is 29.8 Å². The first-order chi connectivity index (χ1) is 8.85. The minimum atomic E-state index is -3.98. The monoisotopic (exact) mass is 304 g/mol. The molecular formula is C11H13ClN2O4S. The molecule has 6 nitrogen and oxygen atoms in total. The molecule has 8 heteroatoms. The van der Waals surface area contributed by atoms with E-state index in [0.29, 0.717) is 0 Å². The van der Waals surface area contributed by atoms with Gasteiger partial charge in [0.05, 0.1) is 4.90 Å². The largest absolute Gasteiger partial charge is 0.335 e. The van der Waals surface area contributed by atoms with E-state index in [1.165, 1.54) is 12.1 Å². The molecule has 104 valence electrons. The molecule has 0 aliphatic heterocycles. The van der Waals surface area contributed by atoms with Gasteiger partial charge < -0.3 is 0 Å². The molecule has 0 saturated heterocycles. The van der Waals surface area contributed by atoms with Gasteiger partial charge in [0.25, 0.3) is 10.0 Å². The number of alkyl halides is 1. The van der Waals surface area contributed by atoms with Crippen molar-refractivity contribution in [2.45, 2.75) is 18.2 Å². The van der Waals surface area contributed by atoms with Crippen molar-refractivity contribution in [2.75, 3.05) is 5.88 Å². The molecule has 19 heavy (non-hydrogen) atoms. The average molecular weight is 305 g/mol. The summed E-state index contributed by atoms with van der Waals surface area (Å²) in [6, 6.07) is 4.84. The number of hydrogen-bond acceptors (Lipinski definition) is 4. The minimum Gasteiger partial charge on any atom is -0.277 e. The topological polar surface area (TPSA) is 92.3 Å². The lowest BCUT2D eigenvalue weighted by Crippen LogP contribution is -2.42. The third-order valence-electron chi connectivity index (χ3n) is 2.13. The lowest BCUT2D eigenvalue weighted by molar-refractivity contribution is -0.119. The molecule has 0 aliphatic carbocycles. The molecule has 0 unspecified atom stereocenters. The van der Waals surface area contributed by atoms with E-state index in [9.17, 15) is 18.0 Å². The van der Waals surface area contributed by atoms with E-state index < -0.39 is 22.0 Å². The van der Waals surface area contributed by atoms with Gasteiger partial charge in [0.2, 0.25) is 5.91 Å². The Kier molecular flexibility index (Phi) is 5.31. The standard InChI is InChI=1S/C11H13ClN2O4S/c1-8-2-4-9(5-3-8)19(17,18)14-11(16)13-10(15)6-7-12/h2-5H,6-7H2,1H3,(H2,13,14,15,16). The molecule has 0 spiro atoms. The van der Waals surface area contributed by atoms with Crippen LogP contribution in [-0.4, -0.2) is 26.2 Å². The second-order valence-electron chi connectivity index (χ2n) is 3.73. The van der Waals surface area contributed by atoms with Gasteiger partial charge in [-0.1, -0.05) is 17.7 Å². The van der Waals surface area contributed by atoms with Crippen molar-refractivity contribution in [3.8, 4) is 0 Å². The summed E-state index contributed by atoms with van der Waals surface area (Å²) < 4.78 is 25.3. The molecular weight excluding hydrogens is 292 g/mol. The van der Waals surface area contributed by atoms with Crippen LogP contribution in [0.1, 0.15) is 12.0 Å². The summed E-state index contributed by atoms with van der Waals surface area (Å²) in [6.07, 6.45) is -0.0699. The van der Waals surface area contributed by atoms with Crippen molar-refractivity contribution in [2.24, 2.45) is 0 Å². The fourth-order valence-electron chi connectivity index (χ4n) is 1.20. The number of rotatable bonds is 4. The summed E-state index contributed by atoms with van der Waals surface area (Å²) in [5.41, 5.74) is 0.890. The van der Waals surface area contributed by atoms with Crippen LogP contribution < -0.4 is 10.0 Å². The van der Waals surface area contributed by atoms with E-state index in [4.69, 9.17) is 11.6 Å². The first-order valence-corrected chi connectivity index (χ1v) is 7.36. The van der Waals surface area contributed by atoms with E-state index in [0.717, 1.165) is 5.56 Å². The van der Waals surface area contributed by atoms with Crippen LogP contribution in [0.25, 0.3) is 0 Å². The van der Waals surface area contributed by atoms with E-state index >= 15 is 0 Å². The molecule has 0 fully saturated rings. The fraction of sp³-hybridized carbons (Fsp3) is 0.273. The highest BCUT2D eigenvalue weighted by molar-refractivity contribution is 7.90. The van der Waals surface area contributed by atoms with Crippen molar-refractivity contribution < 1.29 is 18.0 Å². The van der Waals surface area contributed by atoms with Crippen LogP contribution in [0.15, 0.2) is 29.2 Å². The number of nitrogens with one attached hydrogen (secondary N) is 2. The zero-order valence-corrected chi connectivity index (χ0v) is 11.7. The maximum atomic E-state index is 11.8.